The molecule has 0 amide bonds. The Morgan fingerprint density at radius 1 is 1.15 bits per heavy atom. The molecule has 1 saturated carbocycles. The average molecular weight is 492 g/mol. The molecule has 0 bridgehead atoms. The number of hydrogen-bond donors (Lipinski definition) is 9. The number of nitrogens with one attached hydrogen (secondary N) is 2. The molecule has 2 aliphatic heterocycles. The fourth-order valence-corrected chi connectivity index (χ4v) is 4.84. The molecule has 3 rings (SSSR count). The first-order chi connectivity index (χ1) is 16.1. The normalized spacial score (nSPS) is 45.5. The second-order valence-electron chi connectivity index (χ2n) is 9.43. The highest BCUT2D eigenvalue weighted by Gasteiger charge is 2.51. The second kappa shape index (κ2) is 11.9. The highest BCUT2D eigenvalue weighted by Crippen LogP contribution is 2.31. The fourth-order valence-electron chi connectivity index (χ4n) is 4.84. The first-order valence-electron chi connectivity index (χ1n) is 11.7. The third-order valence-corrected chi connectivity index (χ3v) is 6.70. The molecular weight excluding hydrogens is 450 g/mol. The lowest BCUT2D eigenvalue weighted by Gasteiger charge is -2.49. The molecule has 2 fully saturated rings. The van der Waals surface area contributed by atoms with Gasteiger partial charge < -0.3 is 67.2 Å². The third-order valence-electron chi connectivity index (χ3n) is 6.70. The van der Waals surface area contributed by atoms with Gasteiger partial charge in [0.25, 0.3) is 0 Å². The topological polar surface area (TPSA) is 220 Å². The number of likely N-dealkylation sites (N-methyl/N-ethyl adjacent to an activating group) is 1. The van der Waals surface area contributed by atoms with E-state index >= 15 is 0 Å². The number of hydrogen-bond acceptors (Lipinski definition) is 13. The van der Waals surface area contributed by atoms with Crippen LogP contribution in [0.5, 0.6) is 0 Å². The van der Waals surface area contributed by atoms with Crippen molar-refractivity contribution in [1.82, 2.24) is 10.6 Å². The molecule has 13 nitrogen and oxygen atoms in total. The van der Waals surface area contributed by atoms with Crippen LogP contribution in [0.15, 0.2) is 11.8 Å². The summed E-state index contributed by atoms with van der Waals surface area (Å²) >= 11 is 0. The number of ether oxygens (including phenoxy) is 4. The van der Waals surface area contributed by atoms with E-state index in [4.69, 9.17) is 36.1 Å². The van der Waals surface area contributed by atoms with E-state index in [-0.39, 0.29) is 26.3 Å². The molecule has 0 unspecified atom stereocenters. The number of aliphatic hydroxyl groups is 4. The van der Waals surface area contributed by atoms with E-state index in [1.54, 1.807) is 20.0 Å². The number of rotatable bonds is 9. The van der Waals surface area contributed by atoms with Crippen molar-refractivity contribution in [3.63, 3.8) is 0 Å². The van der Waals surface area contributed by atoms with Crippen molar-refractivity contribution in [3.05, 3.63) is 11.8 Å². The summed E-state index contributed by atoms with van der Waals surface area (Å²) < 4.78 is 23.5. The summed E-state index contributed by atoms with van der Waals surface area (Å²) in [7, 11) is 1.62. The van der Waals surface area contributed by atoms with E-state index in [0.29, 0.717) is 18.6 Å². The summed E-state index contributed by atoms with van der Waals surface area (Å²) in [4.78, 5) is 0. The Morgan fingerprint density at radius 3 is 2.50 bits per heavy atom. The molecule has 11 atom stereocenters. The Balaban J connectivity index is 1.76. The van der Waals surface area contributed by atoms with Crippen molar-refractivity contribution in [2.45, 2.75) is 86.5 Å². The molecule has 13 heteroatoms. The van der Waals surface area contributed by atoms with E-state index in [1.807, 2.05) is 0 Å². The lowest BCUT2D eigenvalue weighted by atomic mass is 9.83. The van der Waals surface area contributed by atoms with Gasteiger partial charge in [-0.05, 0) is 32.9 Å². The van der Waals surface area contributed by atoms with Gasteiger partial charge in [-0.1, -0.05) is 0 Å². The van der Waals surface area contributed by atoms with Gasteiger partial charge in [0.05, 0.1) is 31.8 Å². The predicted octanol–water partition coefficient (Wildman–Crippen LogP) is -4.23. The Kier molecular flexibility index (Phi) is 9.65. The molecule has 1 aliphatic carbocycles. The first-order valence-corrected chi connectivity index (χ1v) is 11.7. The van der Waals surface area contributed by atoms with Crippen LogP contribution in [-0.2, 0) is 18.9 Å². The summed E-state index contributed by atoms with van der Waals surface area (Å²) in [6, 6.07) is -2.26. The molecule has 198 valence electrons. The van der Waals surface area contributed by atoms with Crippen molar-refractivity contribution in [2.24, 2.45) is 17.2 Å². The smallest absolute Gasteiger partial charge is 0.215 e. The molecule has 0 radical (unpaired) electrons. The zero-order valence-corrected chi connectivity index (χ0v) is 19.7. The quantitative estimate of drug-likeness (QED) is 0.149. The van der Waals surface area contributed by atoms with Crippen LogP contribution in [0, 0.1) is 0 Å². The molecule has 2 heterocycles. The van der Waals surface area contributed by atoms with Crippen LogP contribution in [-0.4, -0.2) is 121 Å². The zero-order valence-electron chi connectivity index (χ0n) is 19.7. The molecule has 12 N–H and O–H groups in total. The van der Waals surface area contributed by atoms with Crippen molar-refractivity contribution in [1.29, 1.82) is 0 Å². The summed E-state index contributed by atoms with van der Waals surface area (Å²) in [5.41, 5.74) is 16.9. The van der Waals surface area contributed by atoms with Crippen LogP contribution in [0.3, 0.4) is 0 Å². The average Bonchev–Trinajstić information content (AvgIpc) is 2.79. The maximum Gasteiger partial charge on any atom is 0.215 e. The molecular formula is C21H41N5O8. The van der Waals surface area contributed by atoms with Gasteiger partial charge in [0.1, 0.15) is 35.8 Å². The van der Waals surface area contributed by atoms with Crippen molar-refractivity contribution in [3.8, 4) is 0 Å². The minimum Gasteiger partial charge on any atom is -0.467 e. The van der Waals surface area contributed by atoms with E-state index in [9.17, 15) is 20.4 Å². The molecule has 0 spiro atoms. The summed E-state index contributed by atoms with van der Waals surface area (Å²) in [6.07, 6.45) is -3.61. The maximum absolute atomic E-state index is 11.3. The van der Waals surface area contributed by atoms with Crippen molar-refractivity contribution >= 4 is 0 Å². The van der Waals surface area contributed by atoms with Crippen molar-refractivity contribution < 1.29 is 39.4 Å². The van der Waals surface area contributed by atoms with Crippen LogP contribution in [0.2, 0.25) is 0 Å². The van der Waals surface area contributed by atoms with E-state index in [1.165, 1.54) is 0 Å². The number of aliphatic hydroxyl groups excluding tert-OH is 3. The molecule has 3 aliphatic rings. The van der Waals surface area contributed by atoms with Gasteiger partial charge in [-0.2, -0.15) is 0 Å². The SMILES string of the molecule is CN[C@@H]1[C@@H](O)[C@@H](O[C@@H]2[C@@H](O)[C@H](O[C@H]3OC(CN)=CC[C@H]3N)[C@@H](N)C[C@H]2NCCO)OC[C@]1(C)O. The van der Waals surface area contributed by atoms with Crippen LogP contribution in [0.1, 0.15) is 19.8 Å². The fraction of sp³-hybridized carbons (Fsp3) is 0.905. The van der Waals surface area contributed by atoms with Gasteiger partial charge in [-0.3, -0.25) is 0 Å². The number of nitrogens with two attached hydrogens (primary N) is 3. The van der Waals surface area contributed by atoms with E-state index in [0.717, 1.165) is 0 Å². The molecule has 1 saturated heterocycles. The van der Waals surface area contributed by atoms with E-state index < -0.39 is 66.8 Å². The largest absolute Gasteiger partial charge is 0.467 e. The Labute approximate surface area is 199 Å². The third kappa shape index (κ3) is 6.06. The van der Waals surface area contributed by atoms with Gasteiger partial charge in [0, 0.05) is 18.6 Å². The van der Waals surface area contributed by atoms with Crippen LogP contribution in [0.4, 0.5) is 0 Å². The molecule has 0 aromatic heterocycles. The van der Waals surface area contributed by atoms with Gasteiger partial charge in [0.2, 0.25) is 6.29 Å². The monoisotopic (exact) mass is 491 g/mol. The van der Waals surface area contributed by atoms with Crippen LogP contribution >= 0.6 is 0 Å². The summed E-state index contributed by atoms with van der Waals surface area (Å²) in [6.45, 7) is 1.78. The first kappa shape index (κ1) is 27.6. The minimum atomic E-state index is -1.32. The molecule has 0 aromatic rings. The van der Waals surface area contributed by atoms with Crippen LogP contribution < -0.4 is 27.8 Å². The summed E-state index contributed by atoms with van der Waals surface area (Å²) in [5.74, 6) is 0.546. The lowest BCUT2D eigenvalue weighted by molar-refractivity contribution is -0.304. The molecule has 34 heavy (non-hydrogen) atoms. The zero-order chi connectivity index (χ0) is 25.0. The standard InChI is InChI=1S/C21H41N5O8/c1-21(30)9-31-20(15(29)18(21)25-2)34-17-13(26-5-6-27)7-12(24)16(14(17)28)33-19-11(23)4-3-10(8-22)32-19/h3,11-20,25-30H,4-9,22-24H2,1-2H3/t11-,12+,13-,14+,15-,16-,17+,18-,19-,20-,21+/m1/s1. The van der Waals surface area contributed by atoms with Gasteiger partial charge in [0.15, 0.2) is 6.29 Å². The second-order valence-corrected chi connectivity index (χ2v) is 9.43. The van der Waals surface area contributed by atoms with Crippen LogP contribution in [0.25, 0.3) is 0 Å². The lowest BCUT2D eigenvalue weighted by Crippen LogP contribution is -2.69. The summed E-state index contributed by atoms with van der Waals surface area (Å²) in [5, 5.41) is 47.9. The Morgan fingerprint density at radius 2 is 1.85 bits per heavy atom. The van der Waals surface area contributed by atoms with E-state index in [2.05, 4.69) is 10.6 Å². The van der Waals surface area contributed by atoms with Crippen molar-refractivity contribution in [2.75, 3.05) is 33.4 Å². The predicted molar refractivity (Wildman–Crippen MR) is 121 cm³/mol. The minimum absolute atomic E-state index is 0.0871. The highest BCUT2D eigenvalue weighted by atomic mass is 16.7. The maximum atomic E-state index is 11.3. The van der Waals surface area contributed by atoms with Gasteiger partial charge in [-0.15, -0.1) is 0 Å². The molecule has 0 aromatic carbocycles. The highest BCUT2D eigenvalue weighted by molar-refractivity contribution is 5.05. The Hall–Kier alpha value is -0.940. The van der Waals surface area contributed by atoms with Gasteiger partial charge >= 0.3 is 0 Å². The van der Waals surface area contributed by atoms with Gasteiger partial charge in [-0.25, -0.2) is 0 Å². The Bertz CT molecular complexity index is 686.